The minimum atomic E-state index is -3.03. The lowest BCUT2D eigenvalue weighted by atomic mass is 9.97. The smallest absolute Gasteiger partial charge is 0.387 e. The Hall–Kier alpha value is -2.74. The fourth-order valence-electron chi connectivity index (χ4n) is 4.28. The maximum atomic E-state index is 13.9. The number of alkyl halides is 2. The van der Waals surface area contributed by atoms with Gasteiger partial charge >= 0.3 is 6.61 Å². The zero-order chi connectivity index (χ0) is 19.7. The molecule has 144 valence electrons. The summed E-state index contributed by atoms with van der Waals surface area (Å²) < 4.78 is 46.5. The van der Waals surface area contributed by atoms with Crippen LogP contribution in [0, 0.1) is 5.82 Å². The van der Waals surface area contributed by atoms with E-state index in [2.05, 4.69) is 4.98 Å². The van der Waals surface area contributed by atoms with Crippen LogP contribution in [0.2, 0.25) is 5.02 Å². The number of nitrogens with zero attached hydrogens (tertiary/aromatic N) is 3. The van der Waals surface area contributed by atoms with Gasteiger partial charge < -0.3 is 14.2 Å². The Morgan fingerprint density at radius 2 is 2.07 bits per heavy atom. The van der Waals surface area contributed by atoms with E-state index in [9.17, 15) is 18.0 Å². The first-order valence-electron chi connectivity index (χ1n) is 8.58. The van der Waals surface area contributed by atoms with Crippen molar-refractivity contribution in [2.24, 2.45) is 0 Å². The zero-order valence-corrected chi connectivity index (χ0v) is 15.3. The summed E-state index contributed by atoms with van der Waals surface area (Å²) in [7, 11) is 1.64. The van der Waals surface area contributed by atoms with E-state index in [0.29, 0.717) is 34.4 Å². The van der Waals surface area contributed by atoms with Crippen LogP contribution in [-0.2, 0) is 0 Å². The lowest BCUT2D eigenvalue weighted by Crippen LogP contribution is -2.30. The fraction of sp³-hybridized carbons (Fsp3) is 0.263. The van der Waals surface area contributed by atoms with Gasteiger partial charge in [0.25, 0.3) is 5.91 Å². The second kappa shape index (κ2) is 5.88. The van der Waals surface area contributed by atoms with Crippen LogP contribution in [0.15, 0.2) is 30.3 Å². The number of halogens is 4. The number of aromatic nitrogens is 2. The van der Waals surface area contributed by atoms with Crippen LogP contribution in [0.3, 0.4) is 0 Å². The predicted octanol–water partition coefficient (Wildman–Crippen LogP) is 4.55. The van der Waals surface area contributed by atoms with Crippen LogP contribution in [0.4, 0.5) is 13.2 Å². The van der Waals surface area contributed by atoms with Crippen LogP contribution in [-0.4, -0.2) is 34.0 Å². The van der Waals surface area contributed by atoms with Crippen molar-refractivity contribution < 1.29 is 22.7 Å². The molecule has 1 aromatic heterocycles. The summed E-state index contributed by atoms with van der Waals surface area (Å²) >= 11 is 5.97. The Morgan fingerprint density at radius 3 is 2.82 bits per heavy atom. The Bertz CT molecular complexity index is 1150. The van der Waals surface area contributed by atoms with Crippen LogP contribution >= 0.6 is 11.6 Å². The van der Waals surface area contributed by atoms with Crippen molar-refractivity contribution in [2.75, 3.05) is 7.05 Å². The third kappa shape index (κ3) is 2.27. The van der Waals surface area contributed by atoms with Gasteiger partial charge in [0.1, 0.15) is 17.4 Å². The standard InChI is InChI=1S/C19H13ClF3N3O2/c1-25-14-7-13(16-8(18(25)27)3-2-4-15(16)28-19(22)23)26-12-5-9(20)10(21)6-11(12)24-17(14)26/h2-6,13-14,19H,7H2,1H3/t13-,14-/m1/s1. The van der Waals surface area contributed by atoms with E-state index >= 15 is 0 Å². The Kier molecular flexibility index (Phi) is 3.64. The van der Waals surface area contributed by atoms with Gasteiger partial charge in [-0.3, -0.25) is 4.79 Å². The Labute approximate surface area is 162 Å². The number of carbonyl (C=O) groups is 1. The quantitative estimate of drug-likeness (QED) is 0.626. The largest absolute Gasteiger partial charge is 0.434 e. The maximum Gasteiger partial charge on any atom is 0.387 e. The lowest BCUT2D eigenvalue weighted by Gasteiger charge is -2.24. The summed E-state index contributed by atoms with van der Waals surface area (Å²) in [5, 5.41) is -0.0590. The van der Waals surface area contributed by atoms with E-state index in [1.807, 2.05) is 4.57 Å². The molecule has 2 aromatic carbocycles. The van der Waals surface area contributed by atoms with Crippen LogP contribution in [0.25, 0.3) is 11.0 Å². The van der Waals surface area contributed by atoms with Gasteiger partial charge in [-0.1, -0.05) is 17.7 Å². The average Bonchev–Trinajstić information content (AvgIpc) is 3.14. The summed E-state index contributed by atoms with van der Waals surface area (Å²) in [4.78, 5) is 19.0. The van der Waals surface area contributed by atoms with E-state index in [1.54, 1.807) is 13.1 Å². The highest BCUT2D eigenvalue weighted by molar-refractivity contribution is 6.31. The highest BCUT2D eigenvalue weighted by Crippen LogP contribution is 2.50. The van der Waals surface area contributed by atoms with Crippen molar-refractivity contribution in [3.8, 4) is 5.75 Å². The molecule has 0 N–H and O–H groups in total. The summed E-state index contributed by atoms with van der Waals surface area (Å²) in [5.74, 6) is -0.386. The fourth-order valence-corrected chi connectivity index (χ4v) is 4.43. The van der Waals surface area contributed by atoms with Gasteiger partial charge in [0, 0.05) is 30.7 Å². The molecule has 0 unspecified atom stereocenters. The van der Waals surface area contributed by atoms with Crippen molar-refractivity contribution in [3.63, 3.8) is 0 Å². The molecule has 2 aliphatic heterocycles. The zero-order valence-electron chi connectivity index (χ0n) is 14.5. The molecular formula is C19H13ClF3N3O2. The average molecular weight is 408 g/mol. The number of ether oxygens (including phenoxy) is 1. The Morgan fingerprint density at radius 1 is 1.29 bits per heavy atom. The van der Waals surface area contributed by atoms with E-state index in [4.69, 9.17) is 16.3 Å². The van der Waals surface area contributed by atoms with Crippen LogP contribution in [0.5, 0.6) is 5.75 Å². The number of fused-ring (bicyclic) bond motifs is 9. The molecule has 3 aromatic rings. The van der Waals surface area contributed by atoms with Gasteiger partial charge in [0.05, 0.1) is 28.1 Å². The second-order valence-corrected chi connectivity index (χ2v) is 7.28. The van der Waals surface area contributed by atoms with Crippen molar-refractivity contribution in [3.05, 3.63) is 58.1 Å². The monoisotopic (exact) mass is 407 g/mol. The summed E-state index contributed by atoms with van der Waals surface area (Å²) in [5.41, 5.74) is 1.65. The Balaban J connectivity index is 1.82. The summed E-state index contributed by atoms with van der Waals surface area (Å²) in [6.45, 7) is -3.03. The third-order valence-electron chi connectivity index (χ3n) is 5.45. The molecule has 0 spiro atoms. The highest BCUT2D eigenvalue weighted by atomic mass is 35.5. The maximum absolute atomic E-state index is 13.9. The highest BCUT2D eigenvalue weighted by Gasteiger charge is 2.45. The topological polar surface area (TPSA) is 47.4 Å². The van der Waals surface area contributed by atoms with Gasteiger partial charge in [0.2, 0.25) is 0 Å². The molecule has 5 nitrogen and oxygen atoms in total. The van der Waals surface area contributed by atoms with Gasteiger partial charge in [-0.05, 0) is 18.2 Å². The number of imidazole rings is 1. The molecule has 28 heavy (non-hydrogen) atoms. The van der Waals surface area contributed by atoms with Gasteiger partial charge in [-0.25, -0.2) is 9.37 Å². The van der Waals surface area contributed by atoms with Crippen LogP contribution < -0.4 is 4.74 Å². The number of hydrogen-bond donors (Lipinski definition) is 0. The SMILES string of the molecule is CN1C(=O)c2cccc(OC(F)F)c2[C@H]2C[C@@H]1c1nc3cc(F)c(Cl)cc3n12. The van der Waals surface area contributed by atoms with Gasteiger partial charge in [0.15, 0.2) is 0 Å². The molecular weight excluding hydrogens is 395 g/mol. The van der Waals surface area contributed by atoms with Gasteiger partial charge in [-0.2, -0.15) is 8.78 Å². The van der Waals surface area contributed by atoms with Crippen molar-refractivity contribution in [1.29, 1.82) is 0 Å². The normalized spacial score (nSPS) is 20.5. The van der Waals surface area contributed by atoms with E-state index in [-0.39, 0.29) is 22.7 Å². The lowest BCUT2D eigenvalue weighted by molar-refractivity contribution is -0.0507. The molecule has 0 radical (unpaired) electrons. The van der Waals surface area contributed by atoms with Crippen LogP contribution in [0.1, 0.15) is 40.3 Å². The number of hydrogen-bond acceptors (Lipinski definition) is 3. The van der Waals surface area contributed by atoms with E-state index in [0.717, 1.165) is 0 Å². The van der Waals surface area contributed by atoms with Gasteiger partial charge in [-0.15, -0.1) is 0 Å². The molecule has 0 saturated heterocycles. The number of rotatable bonds is 2. The molecule has 9 heteroatoms. The molecule has 2 aliphatic rings. The molecule has 0 fully saturated rings. The van der Waals surface area contributed by atoms with Crippen molar-refractivity contribution >= 4 is 28.5 Å². The molecule has 1 amide bonds. The number of amides is 1. The first kappa shape index (κ1) is 17.4. The molecule has 0 aliphatic carbocycles. The summed E-state index contributed by atoms with van der Waals surface area (Å²) in [6.07, 6.45) is 0.451. The predicted molar refractivity (Wildman–Crippen MR) is 95.4 cm³/mol. The number of benzene rings is 2. The minimum Gasteiger partial charge on any atom is -0.434 e. The molecule has 5 rings (SSSR count). The second-order valence-electron chi connectivity index (χ2n) is 6.87. The van der Waals surface area contributed by atoms with Crippen molar-refractivity contribution in [1.82, 2.24) is 14.5 Å². The van der Waals surface area contributed by atoms with E-state index in [1.165, 1.54) is 29.2 Å². The molecule has 2 bridgehead atoms. The minimum absolute atomic E-state index is 0.0530. The molecule has 0 saturated carbocycles. The third-order valence-corrected chi connectivity index (χ3v) is 5.74. The molecule has 3 heterocycles. The summed E-state index contributed by atoms with van der Waals surface area (Å²) in [6, 6.07) is 6.39. The first-order valence-corrected chi connectivity index (χ1v) is 8.96. The number of carbonyl (C=O) groups excluding carboxylic acids is 1. The first-order chi connectivity index (χ1) is 13.4. The molecule has 2 atom stereocenters. The van der Waals surface area contributed by atoms with E-state index < -0.39 is 18.5 Å². The van der Waals surface area contributed by atoms with Crippen molar-refractivity contribution in [2.45, 2.75) is 25.1 Å².